The van der Waals surface area contributed by atoms with Gasteiger partial charge in [-0.05, 0) is 23.8 Å². The van der Waals surface area contributed by atoms with Crippen molar-refractivity contribution >= 4 is 17.3 Å². The SMILES string of the molecule is O=C(Oc1ccc([N+](=O)[O-])cc1-c1ccccc1)c1ccc([N+](=O)[O-])cc1. The van der Waals surface area contributed by atoms with Crippen molar-refractivity contribution in [1.82, 2.24) is 0 Å². The third kappa shape index (κ3) is 3.96. The second kappa shape index (κ2) is 7.44. The number of nitro benzene ring substituents is 2. The molecule has 134 valence electrons. The van der Waals surface area contributed by atoms with Crippen molar-refractivity contribution in [3.8, 4) is 16.9 Å². The molecule has 3 aromatic rings. The lowest BCUT2D eigenvalue weighted by molar-refractivity contribution is -0.385. The average Bonchev–Trinajstić information content (AvgIpc) is 2.68. The molecule has 0 unspecified atom stereocenters. The first-order chi connectivity index (χ1) is 13.0. The number of carbonyl (C=O) groups is 1. The summed E-state index contributed by atoms with van der Waals surface area (Å²) in [5, 5.41) is 21.8. The van der Waals surface area contributed by atoms with E-state index in [2.05, 4.69) is 0 Å². The van der Waals surface area contributed by atoms with Crippen LogP contribution in [-0.4, -0.2) is 15.8 Å². The van der Waals surface area contributed by atoms with E-state index in [0.717, 1.165) is 0 Å². The largest absolute Gasteiger partial charge is 0.422 e. The van der Waals surface area contributed by atoms with Crippen LogP contribution in [0.3, 0.4) is 0 Å². The first kappa shape index (κ1) is 17.7. The van der Waals surface area contributed by atoms with E-state index in [1.807, 2.05) is 0 Å². The number of carbonyl (C=O) groups excluding carboxylic acids is 1. The van der Waals surface area contributed by atoms with Crippen LogP contribution in [0.15, 0.2) is 72.8 Å². The maximum atomic E-state index is 12.4. The minimum atomic E-state index is -0.726. The molecule has 0 saturated heterocycles. The molecule has 0 aliphatic rings. The first-order valence-corrected chi connectivity index (χ1v) is 7.76. The van der Waals surface area contributed by atoms with Crippen LogP contribution in [-0.2, 0) is 0 Å². The molecule has 0 saturated carbocycles. The Morgan fingerprint density at radius 3 is 1.96 bits per heavy atom. The molecule has 0 aliphatic carbocycles. The molecule has 8 heteroatoms. The van der Waals surface area contributed by atoms with Gasteiger partial charge in [0.15, 0.2) is 0 Å². The van der Waals surface area contributed by atoms with Crippen LogP contribution in [0.25, 0.3) is 11.1 Å². The fourth-order valence-corrected chi connectivity index (χ4v) is 2.44. The predicted molar refractivity (Wildman–Crippen MR) is 96.6 cm³/mol. The Bertz CT molecular complexity index is 1020. The molecule has 0 aromatic heterocycles. The van der Waals surface area contributed by atoms with Gasteiger partial charge < -0.3 is 4.74 Å². The summed E-state index contributed by atoms with van der Waals surface area (Å²) >= 11 is 0. The van der Waals surface area contributed by atoms with Crippen LogP contribution in [0, 0.1) is 20.2 Å². The average molecular weight is 364 g/mol. The zero-order valence-electron chi connectivity index (χ0n) is 13.8. The molecular weight excluding hydrogens is 352 g/mol. The molecule has 0 heterocycles. The summed E-state index contributed by atoms with van der Waals surface area (Å²) < 4.78 is 5.39. The van der Waals surface area contributed by atoms with E-state index >= 15 is 0 Å². The molecule has 3 rings (SSSR count). The Balaban J connectivity index is 1.95. The maximum Gasteiger partial charge on any atom is 0.343 e. The van der Waals surface area contributed by atoms with E-state index < -0.39 is 15.8 Å². The molecular formula is C19H12N2O6. The van der Waals surface area contributed by atoms with Crippen LogP contribution in [0.5, 0.6) is 5.75 Å². The maximum absolute atomic E-state index is 12.4. The number of nitro groups is 2. The highest BCUT2D eigenvalue weighted by Crippen LogP contribution is 2.34. The van der Waals surface area contributed by atoms with Gasteiger partial charge in [-0.25, -0.2) is 4.79 Å². The van der Waals surface area contributed by atoms with Crippen molar-refractivity contribution in [3.05, 3.63) is 98.6 Å². The quantitative estimate of drug-likeness (QED) is 0.287. The first-order valence-electron chi connectivity index (χ1n) is 7.76. The van der Waals surface area contributed by atoms with Gasteiger partial charge in [-0.1, -0.05) is 30.3 Å². The number of hydrogen-bond acceptors (Lipinski definition) is 6. The summed E-state index contributed by atoms with van der Waals surface area (Å²) in [4.78, 5) is 33.0. The van der Waals surface area contributed by atoms with E-state index in [-0.39, 0.29) is 22.7 Å². The lowest BCUT2D eigenvalue weighted by Gasteiger charge is -2.10. The standard InChI is InChI=1S/C19H12N2O6/c22-19(14-6-8-15(9-7-14)20(23)24)27-18-11-10-16(21(25)26)12-17(18)13-4-2-1-3-5-13/h1-12H. The zero-order chi connectivity index (χ0) is 19.4. The van der Waals surface area contributed by atoms with Crippen LogP contribution in [0.1, 0.15) is 10.4 Å². The zero-order valence-corrected chi connectivity index (χ0v) is 13.8. The fourth-order valence-electron chi connectivity index (χ4n) is 2.44. The van der Waals surface area contributed by atoms with Crippen LogP contribution in [0.2, 0.25) is 0 Å². The molecule has 0 spiro atoms. The van der Waals surface area contributed by atoms with Crippen LogP contribution >= 0.6 is 0 Å². The summed E-state index contributed by atoms with van der Waals surface area (Å²) in [6.45, 7) is 0. The van der Waals surface area contributed by atoms with Crippen molar-refractivity contribution in [2.45, 2.75) is 0 Å². The number of esters is 1. The van der Waals surface area contributed by atoms with Crippen molar-refractivity contribution in [2.24, 2.45) is 0 Å². The molecule has 8 nitrogen and oxygen atoms in total. The van der Waals surface area contributed by atoms with Crippen molar-refractivity contribution in [3.63, 3.8) is 0 Å². The minimum absolute atomic E-state index is 0.123. The van der Waals surface area contributed by atoms with Gasteiger partial charge in [0.25, 0.3) is 11.4 Å². The molecule has 0 N–H and O–H groups in total. The van der Waals surface area contributed by atoms with E-state index in [4.69, 9.17) is 4.74 Å². The van der Waals surface area contributed by atoms with Gasteiger partial charge >= 0.3 is 5.97 Å². The second-order valence-electron chi connectivity index (χ2n) is 5.50. The van der Waals surface area contributed by atoms with Gasteiger partial charge in [0.1, 0.15) is 5.75 Å². The van der Waals surface area contributed by atoms with Gasteiger partial charge in [-0.3, -0.25) is 20.2 Å². The Labute approximate surface area is 152 Å². The molecule has 0 atom stereocenters. The molecule has 3 aromatic carbocycles. The monoisotopic (exact) mass is 364 g/mol. The van der Waals surface area contributed by atoms with Gasteiger partial charge in [-0.2, -0.15) is 0 Å². The van der Waals surface area contributed by atoms with Gasteiger partial charge in [0.2, 0.25) is 0 Å². The number of ether oxygens (including phenoxy) is 1. The van der Waals surface area contributed by atoms with E-state index in [0.29, 0.717) is 11.1 Å². The summed E-state index contributed by atoms with van der Waals surface area (Å²) in [7, 11) is 0. The summed E-state index contributed by atoms with van der Waals surface area (Å²) in [6, 6.07) is 17.7. The minimum Gasteiger partial charge on any atom is -0.422 e. The second-order valence-corrected chi connectivity index (χ2v) is 5.50. The Kier molecular flexibility index (Phi) is 4.89. The number of nitrogens with zero attached hydrogens (tertiary/aromatic N) is 2. The van der Waals surface area contributed by atoms with Crippen LogP contribution < -0.4 is 4.74 Å². The van der Waals surface area contributed by atoms with Gasteiger partial charge in [0.05, 0.1) is 15.4 Å². The van der Waals surface area contributed by atoms with Crippen molar-refractivity contribution in [1.29, 1.82) is 0 Å². The molecule has 0 amide bonds. The molecule has 0 bridgehead atoms. The van der Waals surface area contributed by atoms with Crippen molar-refractivity contribution in [2.75, 3.05) is 0 Å². The summed E-state index contributed by atoms with van der Waals surface area (Å²) in [5.74, 6) is -0.578. The number of rotatable bonds is 5. The highest BCUT2D eigenvalue weighted by molar-refractivity contribution is 5.92. The summed E-state index contributed by atoms with van der Waals surface area (Å²) in [6.07, 6.45) is 0. The normalized spacial score (nSPS) is 10.2. The smallest absolute Gasteiger partial charge is 0.343 e. The van der Waals surface area contributed by atoms with E-state index in [1.165, 1.54) is 42.5 Å². The number of hydrogen-bond donors (Lipinski definition) is 0. The molecule has 0 radical (unpaired) electrons. The van der Waals surface area contributed by atoms with E-state index in [9.17, 15) is 25.0 Å². The highest BCUT2D eigenvalue weighted by Gasteiger charge is 2.17. The van der Waals surface area contributed by atoms with Gasteiger partial charge in [0, 0.05) is 29.8 Å². The van der Waals surface area contributed by atoms with Crippen molar-refractivity contribution < 1.29 is 19.4 Å². The highest BCUT2D eigenvalue weighted by atomic mass is 16.6. The number of non-ortho nitro benzene ring substituents is 2. The fraction of sp³-hybridized carbons (Fsp3) is 0. The predicted octanol–water partition coefficient (Wildman–Crippen LogP) is 4.39. The molecule has 0 aliphatic heterocycles. The molecule has 27 heavy (non-hydrogen) atoms. The lowest BCUT2D eigenvalue weighted by atomic mass is 10.0. The Hall–Kier alpha value is -4.07. The number of benzene rings is 3. The lowest BCUT2D eigenvalue weighted by Crippen LogP contribution is -2.09. The summed E-state index contributed by atoms with van der Waals surface area (Å²) in [5.41, 5.74) is 0.876. The third-order valence-corrected chi connectivity index (χ3v) is 3.78. The van der Waals surface area contributed by atoms with Crippen LogP contribution in [0.4, 0.5) is 11.4 Å². The topological polar surface area (TPSA) is 113 Å². The third-order valence-electron chi connectivity index (χ3n) is 3.78. The van der Waals surface area contributed by atoms with E-state index in [1.54, 1.807) is 30.3 Å². The Morgan fingerprint density at radius 1 is 0.778 bits per heavy atom. The Morgan fingerprint density at radius 2 is 1.37 bits per heavy atom. The molecule has 0 fully saturated rings. The van der Waals surface area contributed by atoms with Gasteiger partial charge in [-0.15, -0.1) is 0 Å².